The molecule has 0 aliphatic carbocycles. The van der Waals surface area contributed by atoms with Gasteiger partial charge >= 0.3 is 6.18 Å². The Morgan fingerprint density at radius 2 is 1.71 bits per heavy atom. The molecule has 0 unspecified atom stereocenters. The monoisotopic (exact) mass is 471 g/mol. The van der Waals surface area contributed by atoms with E-state index >= 15 is 0 Å². The lowest BCUT2D eigenvalue weighted by molar-refractivity contribution is -0.137. The van der Waals surface area contributed by atoms with E-state index in [4.69, 9.17) is 0 Å². The van der Waals surface area contributed by atoms with Crippen LogP contribution in [0.3, 0.4) is 0 Å². The van der Waals surface area contributed by atoms with Gasteiger partial charge < -0.3 is 10.3 Å². The SMILES string of the molecule is FC(F)(F)c1ccc(/C=C/c2cncnc2Nc2ccc3nc(Cc4ccccc4)[nH]c3c2)cc1. The van der Waals surface area contributed by atoms with Crippen LogP contribution in [-0.2, 0) is 12.6 Å². The number of imidazole rings is 1. The van der Waals surface area contributed by atoms with Gasteiger partial charge in [0.05, 0.1) is 16.6 Å². The molecule has 0 atom stereocenters. The summed E-state index contributed by atoms with van der Waals surface area (Å²) in [7, 11) is 0. The van der Waals surface area contributed by atoms with Crippen molar-refractivity contribution in [1.29, 1.82) is 0 Å². The first-order chi connectivity index (χ1) is 16.9. The third-order valence-corrected chi connectivity index (χ3v) is 5.44. The van der Waals surface area contributed by atoms with E-state index in [1.54, 1.807) is 18.3 Å². The number of fused-ring (bicyclic) bond motifs is 1. The lowest BCUT2D eigenvalue weighted by atomic mass is 10.1. The number of halogens is 3. The Morgan fingerprint density at radius 3 is 2.49 bits per heavy atom. The lowest BCUT2D eigenvalue weighted by Gasteiger charge is -2.08. The van der Waals surface area contributed by atoms with Gasteiger partial charge in [-0.2, -0.15) is 13.2 Å². The largest absolute Gasteiger partial charge is 0.416 e. The minimum atomic E-state index is -4.36. The summed E-state index contributed by atoms with van der Waals surface area (Å²) in [6.45, 7) is 0. The second-order valence-corrected chi connectivity index (χ2v) is 7.98. The van der Waals surface area contributed by atoms with Gasteiger partial charge in [-0.25, -0.2) is 15.0 Å². The first-order valence-corrected chi connectivity index (χ1v) is 10.9. The zero-order valence-electron chi connectivity index (χ0n) is 18.4. The molecule has 0 aliphatic heterocycles. The third kappa shape index (κ3) is 5.38. The molecule has 0 radical (unpaired) electrons. The van der Waals surface area contributed by atoms with Crippen LogP contribution in [-0.4, -0.2) is 19.9 Å². The van der Waals surface area contributed by atoms with E-state index in [0.29, 0.717) is 23.4 Å². The van der Waals surface area contributed by atoms with E-state index in [9.17, 15) is 13.2 Å². The molecule has 0 bridgehead atoms. The molecule has 2 aromatic heterocycles. The van der Waals surface area contributed by atoms with Gasteiger partial charge in [0.15, 0.2) is 0 Å². The predicted octanol–water partition coefficient (Wildman–Crippen LogP) is 6.88. The van der Waals surface area contributed by atoms with Crippen LogP contribution in [0.15, 0.2) is 85.3 Å². The molecule has 0 aliphatic rings. The Labute approximate surface area is 199 Å². The number of nitrogens with zero attached hydrogens (tertiary/aromatic N) is 3. The summed E-state index contributed by atoms with van der Waals surface area (Å²) in [5, 5.41) is 3.29. The van der Waals surface area contributed by atoms with E-state index in [1.807, 2.05) is 36.4 Å². The fourth-order valence-corrected chi connectivity index (χ4v) is 3.69. The molecule has 174 valence electrons. The van der Waals surface area contributed by atoms with Gasteiger partial charge in [-0.1, -0.05) is 48.5 Å². The van der Waals surface area contributed by atoms with Crippen molar-refractivity contribution < 1.29 is 13.2 Å². The molecule has 0 saturated carbocycles. The van der Waals surface area contributed by atoms with Crippen LogP contribution >= 0.6 is 0 Å². The van der Waals surface area contributed by atoms with Crippen LogP contribution in [0.2, 0.25) is 0 Å². The Morgan fingerprint density at radius 1 is 0.914 bits per heavy atom. The molecule has 2 N–H and O–H groups in total. The smallest absolute Gasteiger partial charge is 0.342 e. The maximum atomic E-state index is 12.8. The van der Waals surface area contributed by atoms with Gasteiger partial charge in [-0.05, 0) is 47.5 Å². The number of aromatic nitrogens is 4. The average molecular weight is 471 g/mol. The van der Waals surface area contributed by atoms with Gasteiger partial charge in [-0.3, -0.25) is 0 Å². The van der Waals surface area contributed by atoms with E-state index in [2.05, 4.69) is 37.4 Å². The summed E-state index contributed by atoms with van der Waals surface area (Å²) in [6, 6.07) is 20.9. The number of hydrogen-bond donors (Lipinski definition) is 2. The van der Waals surface area contributed by atoms with Crippen LogP contribution in [0, 0.1) is 0 Å². The van der Waals surface area contributed by atoms with Crippen molar-refractivity contribution in [3.63, 3.8) is 0 Å². The summed E-state index contributed by atoms with van der Waals surface area (Å²) in [4.78, 5) is 16.4. The fraction of sp³-hybridized carbons (Fsp3) is 0.0741. The standard InChI is InChI=1S/C27H20F3N5/c28-27(29,30)21-10-7-18(8-11-21)6-9-20-16-31-17-32-26(20)33-22-12-13-23-24(15-22)35-25(34-23)14-19-4-2-1-3-5-19/h1-13,15-17H,14H2,(H,34,35)(H,31,32,33)/b9-6+. The van der Waals surface area contributed by atoms with Crippen LogP contribution in [0.25, 0.3) is 23.2 Å². The molecule has 8 heteroatoms. The summed E-state index contributed by atoms with van der Waals surface area (Å²) in [6.07, 6.45) is 2.91. The second-order valence-electron chi connectivity index (χ2n) is 7.98. The summed E-state index contributed by atoms with van der Waals surface area (Å²) >= 11 is 0. The van der Waals surface area contributed by atoms with Crippen LogP contribution in [0.5, 0.6) is 0 Å². The summed E-state index contributed by atoms with van der Waals surface area (Å²) < 4.78 is 38.3. The molecule has 2 heterocycles. The number of alkyl halides is 3. The maximum Gasteiger partial charge on any atom is 0.416 e. The molecular formula is C27H20F3N5. The van der Waals surface area contributed by atoms with Crippen molar-refractivity contribution in [3.05, 3.63) is 113 Å². The average Bonchev–Trinajstić information content (AvgIpc) is 3.25. The van der Waals surface area contributed by atoms with Gasteiger partial charge in [-0.15, -0.1) is 0 Å². The topological polar surface area (TPSA) is 66.5 Å². The molecule has 0 spiro atoms. The van der Waals surface area contributed by atoms with E-state index in [0.717, 1.165) is 34.7 Å². The molecule has 0 amide bonds. The van der Waals surface area contributed by atoms with Crippen molar-refractivity contribution in [2.24, 2.45) is 0 Å². The van der Waals surface area contributed by atoms with Gasteiger partial charge in [0.1, 0.15) is 18.0 Å². The molecule has 3 aromatic carbocycles. The number of aromatic amines is 1. The zero-order chi connectivity index (χ0) is 24.3. The Balaban J connectivity index is 1.34. The highest BCUT2D eigenvalue weighted by Gasteiger charge is 2.29. The molecule has 0 fully saturated rings. The highest BCUT2D eigenvalue weighted by atomic mass is 19.4. The second kappa shape index (κ2) is 9.42. The van der Waals surface area contributed by atoms with Gasteiger partial charge in [0.2, 0.25) is 0 Å². The van der Waals surface area contributed by atoms with E-state index in [-0.39, 0.29) is 0 Å². The highest BCUT2D eigenvalue weighted by Crippen LogP contribution is 2.29. The number of H-pyrrole nitrogens is 1. The van der Waals surface area contributed by atoms with Gasteiger partial charge in [0.25, 0.3) is 0 Å². The Bertz CT molecular complexity index is 1470. The fourth-order valence-electron chi connectivity index (χ4n) is 3.69. The van der Waals surface area contributed by atoms with Crippen LogP contribution < -0.4 is 5.32 Å². The molecule has 0 saturated heterocycles. The van der Waals surface area contributed by atoms with Gasteiger partial charge in [0, 0.05) is 23.9 Å². The highest BCUT2D eigenvalue weighted by molar-refractivity contribution is 5.82. The molecule has 5 aromatic rings. The first-order valence-electron chi connectivity index (χ1n) is 10.9. The Hall–Kier alpha value is -4.46. The molecule has 5 nitrogen and oxygen atoms in total. The van der Waals surface area contributed by atoms with Crippen LogP contribution in [0.1, 0.15) is 28.1 Å². The summed E-state index contributed by atoms with van der Waals surface area (Å²) in [5.74, 6) is 1.46. The first kappa shape index (κ1) is 22.3. The zero-order valence-corrected chi connectivity index (χ0v) is 18.4. The van der Waals surface area contributed by atoms with E-state index in [1.165, 1.54) is 24.0 Å². The van der Waals surface area contributed by atoms with Crippen molar-refractivity contribution in [2.75, 3.05) is 5.32 Å². The quantitative estimate of drug-likeness (QED) is 0.283. The minimum Gasteiger partial charge on any atom is -0.342 e. The lowest BCUT2D eigenvalue weighted by Crippen LogP contribution is -2.03. The van der Waals surface area contributed by atoms with Crippen molar-refractivity contribution in [3.8, 4) is 0 Å². The van der Waals surface area contributed by atoms with Crippen molar-refractivity contribution in [1.82, 2.24) is 19.9 Å². The molecular weight excluding hydrogens is 451 g/mol. The molecule has 35 heavy (non-hydrogen) atoms. The predicted molar refractivity (Wildman–Crippen MR) is 131 cm³/mol. The molecule has 5 rings (SSSR count). The third-order valence-electron chi connectivity index (χ3n) is 5.44. The normalized spacial score (nSPS) is 11.9. The number of anilines is 2. The minimum absolute atomic E-state index is 0.575. The summed E-state index contributed by atoms with van der Waals surface area (Å²) in [5.41, 5.74) is 4.41. The number of hydrogen-bond acceptors (Lipinski definition) is 4. The van der Waals surface area contributed by atoms with E-state index < -0.39 is 11.7 Å². The van der Waals surface area contributed by atoms with Crippen LogP contribution in [0.4, 0.5) is 24.7 Å². The van der Waals surface area contributed by atoms with Crippen molar-refractivity contribution >= 4 is 34.7 Å². The number of rotatable bonds is 6. The van der Waals surface area contributed by atoms with Crippen molar-refractivity contribution in [2.45, 2.75) is 12.6 Å². The number of nitrogens with one attached hydrogen (secondary N) is 2. The maximum absolute atomic E-state index is 12.8. The number of benzene rings is 3. The Kier molecular flexibility index (Phi) is 6.01.